The van der Waals surface area contributed by atoms with Crippen LogP contribution in [0.2, 0.25) is 0 Å². The molecule has 0 amide bonds. The molecule has 4 rings (SSSR count). The second kappa shape index (κ2) is 11.7. The first-order valence-electron chi connectivity index (χ1n) is 12.4. The van der Waals surface area contributed by atoms with Gasteiger partial charge in [-0.1, -0.05) is 12.1 Å². The normalized spacial score (nSPS) is 15.1. The summed E-state index contributed by atoms with van der Waals surface area (Å²) >= 11 is 0. The zero-order valence-electron chi connectivity index (χ0n) is 22.0. The molecule has 1 aromatic heterocycles. The van der Waals surface area contributed by atoms with E-state index in [0.717, 1.165) is 41.0 Å². The molecule has 0 saturated carbocycles. The standard InChI is InChI=1S/C28H32N6O3S/c1-20-18-22(6-5-14-29)19-21(2)27(20)37-26-11-15-30-28(32-26)31-25-9-7-23(8-10-25)24-12-16-34(17-13-24)38(35,36)33(3)4/h5-11,15,18-19,24H,12-13,16-17H2,1-4H3,(H,30,31,32)/b6-5+. The fourth-order valence-corrected chi connectivity index (χ4v) is 5.69. The molecule has 1 fully saturated rings. The molecule has 9 nitrogen and oxygen atoms in total. The molecule has 0 radical (unpaired) electrons. The predicted octanol–water partition coefficient (Wildman–Crippen LogP) is 5.15. The number of ether oxygens (including phenoxy) is 1. The molecule has 1 aliphatic rings. The number of anilines is 2. The van der Waals surface area contributed by atoms with Crippen molar-refractivity contribution in [2.75, 3.05) is 32.5 Å². The lowest BCUT2D eigenvalue weighted by molar-refractivity contribution is 0.302. The van der Waals surface area contributed by atoms with E-state index < -0.39 is 10.2 Å². The number of piperidine rings is 1. The number of aryl methyl sites for hydroxylation is 2. The fraction of sp³-hybridized carbons (Fsp3) is 0.321. The molecule has 38 heavy (non-hydrogen) atoms. The quantitative estimate of drug-likeness (QED) is 0.399. The first kappa shape index (κ1) is 27.3. The van der Waals surface area contributed by atoms with Gasteiger partial charge in [-0.2, -0.15) is 27.3 Å². The highest BCUT2D eigenvalue weighted by atomic mass is 32.2. The van der Waals surface area contributed by atoms with Crippen molar-refractivity contribution in [1.29, 1.82) is 5.26 Å². The summed E-state index contributed by atoms with van der Waals surface area (Å²) in [5.41, 5.74) is 4.86. The van der Waals surface area contributed by atoms with E-state index in [1.165, 1.54) is 15.9 Å². The van der Waals surface area contributed by atoms with Crippen molar-refractivity contribution in [3.8, 4) is 17.7 Å². The van der Waals surface area contributed by atoms with Gasteiger partial charge in [-0.3, -0.25) is 0 Å². The topological polar surface area (TPSA) is 111 Å². The molecule has 0 aliphatic carbocycles. The number of allylic oxidation sites excluding steroid dienone is 1. The molecule has 1 N–H and O–H groups in total. The number of nitrogens with zero attached hydrogens (tertiary/aromatic N) is 5. The summed E-state index contributed by atoms with van der Waals surface area (Å²) in [5.74, 6) is 1.88. The van der Waals surface area contributed by atoms with Crippen LogP contribution in [0, 0.1) is 25.2 Å². The maximum absolute atomic E-state index is 12.4. The Bertz CT molecular complexity index is 1430. The number of aromatic nitrogens is 2. The van der Waals surface area contributed by atoms with E-state index in [2.05, 4.69) is 27.4 Å². The molecular weight excluding hydrogens is 500 g/mol. The first-order chi connectivity index (χ1) is 18.2. The number of hydrogen-bond donors (Lipinski definition) is 1. The summed E-state index contributed by atoms with van der Waals surface area (Å²) < 4.78 is 33.6. The van der Waals surface area contributed by atoms with Gasteiger partial charge >= 0.3 is 0 Å². The number of nitriles is 1. The maximum atomic E-state index is 12.4. The maximum Gasteiger partial charge on any atom is 0.281 e. The van der Waals surface area contributed by atoms with Crippen molar-refractivity contribution in [1.82, 2.24) is 18.6 Å². The predicted molar refractivity (Wildman–Crippen MR) is 149 cm³/mol. The Labute approximate surface area is 224 Å². The Balaban J connectivity index is 1.39. The van der Waals surface area contributed by atoms with Crippen molar-refractivity contribution in [2.45, 2.75) is 32.6 Å². The summed E-state index contributed by atoms with van der Waals surface area (Å²) in [6, 6.07) is 15.7. The zero-order valence-corrected chi connectivity index (χ0v) is 22.9. The fourth-order valence-electron chi connectivity index (χ4n) is 4.56. The Morgan fingerprint density at radius 2 is 1.76 bits per heavy atom. The largest absolute Gasteiger partial charge is 0.438 e. The highest BCUT2D eigenvalue weighted by Crippen LogP contribution is 2.32. The van der Waals surface area contributed by atoms with Crippen LogP contribution in [0.25, 0.3) is 6.08 Å². The second-order valence-electron chi connectivity index (χ2n) is 9.48. The van der Waals surface area contributed by atoms with Crippen LogP contribution in [0.1, 0.15) is 41.0 Å². The SMILES string of the molecule is Cc1cc(/C=C/C#N)cc(C)c1Oc1ccnc(Nc2ccc(C3CCN(S(=O)(=O)N(C)C)CC3)cc2)n1. The van der Waals surface area contributed by atoms with Gasteiger partial charge in [-0.05, 0) is 85.2 Å². The van der Waals surface area contributed by atoms with Crippen LogP contribution in [-0.2, 0) is 10.2 Å². The second-order valence-corrected chi connectivity index (χ2v) is 11.6. The van der Waals surface area contributed by atoms with E-state index in [0.29, 0.717) is 30.8 Å². The average Bonchev–Trinajstić information content (AvgIpc) is 2.90. The third kappa shape index (κ3) is 6.37. The third-order valence-electron chi connectivity index (χ3n) is 6.55. The molecule has 0 atom stereocenters. The Morgan fingerprint density at radius 1 is 1.11 bits per heavy atom. The lowest BCUT2D eigenvalue weighted by atomic mass is 9.90. The summed E-state index contributed by atoms with van der Waals surface area (Å²) in [6.45, 7) is 4.95. The van der Waals surface area contributed by atoms with Gasteiger partial charge in [0.2, 0.25) is 11.8 Å². The van der Waals surface area contributed by atoms with Crippen molar-refractivity contribution >= 4 is 27.9 Å². The van der Waals surface area contributed by atoms with Crippen LogP contribution in [0.4, 0.5) is 11.6 Å². The molecule has 3 aromatic rings. The van der Waals surface area contributed by atoms with Crippen LogP contribution < -0.4 is 10.1 Å². The average molecular weight is 533 g/mol. The molecule has 0 bridgehead atoms. The summed E-state index contributed by atoms with van der Waals surface area (Å²) in [4.78, 5) is 8.83. The number of benzene rings is 2. The van der Waals surface area contributed by atoms with Crippen LogP contribution >= 0.6 is 0 Å². The molecule has 10 heteroatoms. The van der Waals surface area contributed by atoms with Crippen molar-refractivity contribution < 1.29 is 13.2 Å². The van der Waals surface area contributed by atoms with Gasteiger partial charge in [-0.25, -0.2) is 4.98 Å². The van der Waals surface area contributed by atoms with Gasteiger partial charge in [0.1, 0.15) is 5.75 Å². The van der Waals surface area contributed by atoms with Gasteiger partial charge in [0.15, 0.2) is 0 Å². The number of hydrogen-bond acceptors (Lipinski definition) is 7. The van der Waals surface area contributed by atoms with Crippen LogP contribution in [0.3, 0.4) is 0 Å². The number of nitrogens with one attached hydrogen (secondary N) is 1. The van der Waals surface area contributed by atoms with Gasteiger partial charge in [0, 0.05) is 51.2 Å². The minimum absolute atomic E-state index is 0.318. The zero-order chi connectivity index (χ0) is 27.3. The van der Waals surface area contributed by atoms with Gasteiger partial charge in [-0.15, -0.1) is 0 Å². The van der Waals surface area contributed by atoms with E-state index in [1.54, 1.807) is 36.7 Å². The van der Waals surface area contributed by atoms with E-state index in [-0.39, 0.29) is 0 Å². The van der Waals surface area contributed by atoms with Gasteiger partial charge < -0.3 is 10.1 Å². The molecule has 2 heterocycles. The lowest BCUT2D eigenvalue weighted by Gasteiger charge is -2.33. The Morgan fingerprint density at radius 3 is 2.37 bits per heavy atom. The van der Waals surface area contributed by atoms with Crippen LogP contribution in [0.5, 0.6) is 11.6 Å². The van der Waals surface area contributed by atoms with E-state index in [1.807, 2.05) is 44.2 Å². The van der Waals surface area contributed by atoms with Crippen molar-refractivity contribution in [2.24, 2.45) is 0 Å². The Kier molecular flexibility index (Phi) is 8.42. The van der Waals surface area contributed by atoms with Gasteiger partial charge in [0.05, 0.1) is 6.07 Å². The van der Waals surface area contributed by atoms with Crippen molar-refractivity contribution in [3.63, 3.8) is 0 Å². The van der Waals surface area contributed by atoms with E-state index in [4.69, 9.17) is 10.00 Å². The minimum Gasteiger partial charge on any atom is -0.438 e. The molecule has 1 aliphatic heterocycles. The van der Waals surface area contributed by atoms with Crippen LogP contribution in [-0.4, -0.2) is 54.2 Å². The van der Waals surface area contributed by atoms with Crippen LogP contribution in [0.15, 0.2) is 54.7 Å². The number of rotatable bonds is 8. The molecule has 198 valence electrons. The first-order valence-corrected chi connectivity index (χ1v) is 13.8. The Hall–Kier alpha value is -3.78. The highest BCUT2D eigenvalue weighted by Gasteiger charge is 2.30. The lowest BCUT2D eigenvalue weighted by Crippen LogP contribution is -2.44. The van der Waals surface area contributed by atoms with Crippen molar-refractivity contribution in [3.05, 3.63) is 77.0 Å². The van der Waals surface area contributed by atoms with E-state index in [9.17, 15) is 8.42 Å². The summed E-state index contributed by atoms with van der Waals surface area (Å²) in [7, 11) is -0.232. The highest BCUT2D eigenvalue weighted by molar-refractivity contribution is 7.86. The monoisotopic (exact) mass is 532 g/mol. The smallest absolute Gasteiger partial charge is 0.281 e. The molecule has 2 aromatic carbocycles. The molecule has 1 saturated heterocycles. The molecular formula is C28H32N6O3S. The summed E-state index contributed by atoms with van der Waals surface area (Å²) in [5, 5.41) is 12.0. The third-order valence-corrected chi connectivity index (χ3v) is 8.49. The van der Waals surface area contributed by atoms with E-state index >= 15 is 0 Å². The minimum atomic E-state index is -3.36. The molecule has 0 spiro atoms. The molecule has 0 unspecified atom stereocenters. The summed E-state index contributed by atoms with van der Waals surface area (Å²) in [6.07, 6.45) is 6.43. The van der Waals surface area contributed by atoms with Gasteiger partial charge in [0.25, 0.3) is 10.2 Å².